The number of aryl methyl sites for hydroxylation is 1. The zero-order chi connectivity index (χ0) is 23.4. The van der Waals surface area contributed by atoms with Gasteiger partial charge in [-0.3, -0.25) is 0 Å². The summed E-state index contributed by atoms with van der Waals surface area (Å²) in [5.74, 6) is -1.09. The van der Waals surface area contributed by atoms with Crippen molar-refractivity contribution in [3.63, 3.8) is 0 Å². The van der Waals surface area contributed by atoms with Gasteiger partial charge < -0.3 is 4.74 Å². The second-order valence-electron chi connectivity index (χ2n) is 8.63. The molecule has 1 nitrogen and oxygen atoms in total. The molecule has 33 heavy (non-hydrogen) atoms. The Morgan fingerprint density at radius 3 is 2.06 bits per heavy atom. The Morgan fingerprint density at radius 2 is 1.42 bits per heavy atom. The van der Waals surface area contributed by atoms with Gasteiger partial charge in [0.2, 0.25) is 0 Å². The van der Waals surface area contributed by atoms with Crippen molar-refractivity contribution in [1.29, 1.82) is 0 Å². The third-order valence-corrected chi connectivity index (χ3v) is 7.51. The minimum absolute atomic E-state index is 0.0962. The second kappa shape index (κ2) is 10.5. The lowest BCUT2D eigenvalue weighted by molar-refractivity contribution is -0.185. The van der Waals surface area contributed by atoms with Gasteiger partial charge in [-0.2, -0.15) is 8.78 Å². The van der Waals surface area contributed by atoms with Crippen LogP contribution in [0.15, 0.2) is 66.7 Å². The van der Waals surface area contributed by atoms with E-state index in [9.17, 15) is 17.6 Å². The summed E-state index contributed by atoms with van der Waals surface area (Å²) in [6, 6.07) is 15.7. The molecule has 0 bridgehead atoms. The monoisotopic (exact) mass is 568 g/mol. The highest BCUT2D eigenvalue weighted by molar-refractivity contribution is 14.1. The third-order valence-electron chi connectivity index (χ3n) is 6.26. The van der Waals surface area contributed by atoms with Crippen LogP contribution in [0.25, 0.3) is 11.1 Å². The Morgan fingerprint density at radius 1 is 0.788 bits per heavy atom. The molecule has 0 heterocycles. The Labute approximate surface area is 205 Å². The summed E-state index contributed by atoms with van der Waals surface area (Å²) in [6.07, 6.45) is 3.67. The zero-order valence-electron chi connectivity index (χ0n) is 18.0. The van der Waals surface area contributed by atoms with Crippen molar-refractivity contribution in [3.05, 3.63) is 89.5 Å². The van der Waals surface area contributed by atoms with E-state index in [0.717, 1.165) is 40.4 Å². The summed E-state index contributed by atoms with van der Waals surface area (Å²) >= 11 is 2.53. The van der Waals surface area contributed by atoms with Crippen molar-refractivity contribution in [2.45, 2.75) is 48.6 Å². The van der Waals surface area contributed by atoms with Crippen LogP contribution in [0.1, 0.15) is 43.2 Å². The van der Waals surface area contributed by atoms with Crippen LogP contribution in [0.4, 0.5) is 17.6 Å². The number of rotatable bonds is 7. The number of ether oxygens (including phenoxy) is 1. The van der Waals surface area contributed by atoms with Gasteiger partial charge in [0.1, 0.15) is 5.75 Å². The van der Waals surface area contributed by atoms with Gasteiger partial charge in [0, 0.05) is 3.92 Å². The zero-order valence-corrected chi connectivity index (χ0v) is 20.2. The summed E-state index contributed by atoms with van der Waals surface area (Å²) in [7, 11) is 0. The molecule has 0 radical (unpaired) electrons. The van der Waals surface area contributed by atoms with Gasteiger partial charge in [-0.15, -0.1) is 0 Å². The molecule has 3 aromatic rings. The lowest BCUT2D eigenvalue weighted by Crippen LogP contribution is -2.21. The molecule has 1 aliphatic rings. The predicted octanol–water partition coefficient (Wildman–Crippen LogP) is 8.69. The van der Waals surface area contributed by atoms with E-state index in [1.165, 1.54) is 56.0 Å². The van der Waals surface area contributed by atoms with E-state index in [1.54, 1.807) is 12.1 Å². The molecule has 6 heteroatoms. The SMILES string of the molecule is Fc1ccc(-c2ccc(C(F)(F)Oc3ccc(CCC4CCC(I)CC4)cc3)cc2)cc1F. The van der Waals surface area contributed by atoms with Crippen LogP contribution >= 0.6 is 22.6 Å². The molecule has 3 aromatic carbocycles. The Bertz CT molecular complexity index is 1060. The molecule has 1 saturated carbocycles. The van der Waals surface area contributed by atoms with E-state index >= 15 is 0 Å². The van der Waals surface area contributed by atoms with E-state index < -0.39 is 17.7 Å². The molecule has 0 aliphatic heterocycles. The molecular weight excluding hydrogens is 543 g/mol. The maximum Gasteiger partial charge on any atom is 0.426 e. The van der Waals surface area contributed by atoms with Gasteiger partial charge in [0.15, 0.2) is 11.6 Å². The summed E-state index contributed by atoms with van der Waals surface area (Å²) in [4.78, 5) is 0. The Hall–Kier alpha value is -2.09. The van der Waals surface area contributed by atoms with Gasteiger partial charge in [-0.1, -0.05) is 52.9 Å². The topological polar surface area (TPSA) is 9.23 Å². The molecule has 0 spiro atoms. The Balaban J connectivity index is 1.36. The second-order valence-corrected chi connectivity index (χ2v) is 10.4. The third kappa shape index (κ3) is 6.28. The molecule has 0 aromatic heterocycles. The molecule has 1 fully saturated rings. The van der Waals surface area contributed by atoms with Gasteiger partial charge in [-0.25, -0.2) is 8.78 Å². The van der Waals surface area contributed by atoms with E-state index in [2.05, 4.69) is 22.6 Å². The summed E-state index contributed by atoms with van der Waals surface area (Å²) in [5.41, 5.74) is 1.72. The minimum atomic E-state index is -3.52. The number of benzene rings is 3. The number of hydrogen-bond donors (Lipinski definition) is 0. The van der Waals surface area contributed by atoms with E-state index in [-0.39, 0.29) is 11.3 Å². The minimum Gasteiger partial charge on any atom is -0.429 e. The molecule has 0 amide bonds. The van der Waals surface area contributed by atoms with Crippen molar-refractivity contribution in [2.24, 2.45) is 5.92 Å². The molecule has 4 rings (SSSR count). The number of halogens is 5. The predicted molar refractivity (Wildman–Crippen MR) is 131 cm³/mol. The summed E-state index contributed by atoms with van der Waals surface area (Å²) in [5, 5.41) is 0. The summed E-state index contributed by atoms with van der Waals surface area (Å²) in [6.45, 7) is 0. The molecule has 0 unspecified atom stereocenters. The van der Waals surface area contributed by atoms with Crippen LogP contribution < -0.4 is 4.74 Å². The standard InChI is InChI=1S/C27H25F4IO/c28-25-16-9-21(17-26(25)29)20-7-10-22(11-8-20)27(30,31)33-24-14-5-19(6-15-24)2-1-18-3-12-23(32)13-4-18/h5-11,14-18,23H,1-4,12-13H2. The molecule has 1 aliphatic carbocycles. The fraction of sp³-hybridized carbons (Fsp3) is 0.333. The van der Waals surface area contributed by atoms with Gasteiger partial charge in [-0.05, 0) is 97.5 Å². The normalized spacial score (nSPS) is 18.8. The molecule has 0 N–H and O–H groups in total. The highest BCUT2D eigenvalue weighted by Crippen LogP contribution is 2.34. The lowest BCUT2D eigenvalue weighted by atomic mass is 9.85. The fourth-order valence-corrected chi connectivity index (χ4v) is 4.96. The molecule has 0 atom stereocenters. The first-order chi connectivity index (χ1) is 15.8. The maximum atomic E-state index is 14.7. The quantitative estimate of drug-likeness (QED) is 0.158. The Kier molecular flexibility index (Phi) is 7.62. The molecule has 0 saturated heterocycles. The molecular formula is C27H25F4IO. The largest absolute Gasteiger partial charge is 0.429 e. The van der Waals surface area contributed by atoms with Crippen LogP contribution in [-0.4, -0.2) is 3.92 Å². The van der Waals surface area contributed by atoms with Crippen LogP contribution in [0.2, 0.25) is 0 Å². The van der Waals surface area contributed by atoms with E-state index in [0.29, 0.717) is 11.1 Å². The van der Waals surface area contributed by atoms with Crippen molar-refractivity contribution < 1.29 is 22.3 Å². The average molecular weight is 568 g/mol. The van der Waals surface area contributed by atoms with E-state index in [1.807, 2.05) is 12.1 Å². The van der Waals surface area contributed by atoms with E-state index in [4.69, 9.17) is 4.74 Å². The highest BCUT2D eigenvalue weighted by atomic mass is 127. The van der Waals surface area contributed by atoms with Crippen LogP contribution in [0.3, 0.4) is 0 Å². The first-order valence-corrected chi connectivity index (χ1v) is 12.4. The van der Waals surface area contributed by atoms with Crippen LogP contribution in [0, 0.1) is 17.6 Å². The fourth-order valence-electron chi connectivity index (χ4n) is 4.24. The van der Waals surface area contributed by atoms with Gasteiger partial charge >= 0.3 is 6.11 Å². The lowest BCUT2D eigenvalue weighted by Gasteiger charge is -2.25. The average Bonchev–Trinajstić information content (AvgIpc) is 2.81. The van der Waals surface area contributed by atoms with Crippen molar-refractivity contribution >= 4 is 22.6 Å². The van der Waals surface area contributed by atoms with Crippen LogP contribution in [0.5, 0.6) is 5.75 Å². The molecule has 174 valence electrons. The maximum absolute atomic E-state index is 14.7. The highest BCUT2D eigenvalue weighted by Gasteiger charge is 2.34. The first-order valence-electron chi connectivity index (χ1n) is 11.2. The smallest absolute Gasteiger partial charge is 0.426 e. The van der Waals surface area contributed by atoms with Crippen molar-refractivity contribution in [1.82, 2.24) is 0 Å². The van der Waals surface area contributed by atoms with Crippen LogP contribution in [-0.2, 0) is 12.5 Å². The van der Waals surface area contributed by atoms with Gasteiger partial charge in [0.25, 0.3) is 0 Å². The summed E-state index contributed by atoms with van der Waals surface area (Å²) < 4.78 is 61.7. The van der Waals surface area contributed by atoms with Crippen molar-refractivity contribution in [2.75, 3.05) is 0 Å². The number of alkyl halides is 3. The van der Waals surface area contributed by atoms with Crippen molar-refractivity contribution in [3.8, 4) is 16.9 Å². The van der Waals surface area contributed by atoms with Gasteiger partial charge in [0.05, 0.1) is 5.56 Å². The first kappa shape index (κ1) is 24.0. The number of hydrogen-bond acceptors (Lipinski definition) is 1.